The van der Waals surface area contributed by atoms with Crippen LogP contribution in [0.3, 0.4) is 0 Å². The van der Waals surface area contributed by atoms with Crippen molar-refractivity contribution in [3.8, 4) is 0 Å². The third-order valence-corrected chi connectivity index (χ3v) is 2.80. The summed E-state index contributed by atoms with van der Waals surface area (Å²) >= 11 is 0. The number of hydrogen-bond donors (Lipinski definition) is 0. The van der Waals surface area contributed by atoms with E-state index < -0.39 is 0 Å². The fourth-order valence-electron chi connectivity index (χ4n) is 1.95. The predicted octanol–water partition coefficient (Wildman–Crippen LogP) is 3.35. The molecule has 0 bridgehead atoms. The van der Waals surface area contributed by atoms with Gasteiger partial charge in [-0.05, 0) is 26.2 Å². The summed E-state index contributed by atoms with van der Waals surface area (Å²) in [7, 11) is 0. The lowest BCUT2D eigenvalue weighted by Crippen LogP contribution is -2.37. The second-order valence-electron chi connectivity index (χ2n) is 4.26. The second-order valence-corrected chi connectivity index (χ2v) is 4.26. The molecular formula is C14H27NO2. The molecule has 3 heteroatoms. The maximum atomic E-state index is 11.3. The molecule has 1 unspecified atom stereocenters. The van der Waals surface area contributed by atoms with Crippen molar-refractivity contribution in [1.82, 2.24) is 4.90 Å². The molecule has 0 aliphatic carbocycles. The van der Waals surface area contributed by atoms with Crippen molar-refractivity contribution in [3.05, 3.63) is 12.2 Å². The average molecular weight is 241 g/mol. The number of nitrogens with zero attached hydrogens (tertiary/aromatic N) is 1. The predicted molar refractivity (Wildman–Crippen MR) is 71.8 cm³/mol. The number of ether oxygens (including phenoxy) is 1. The van der Waals surface area contributed by atoms with Crippen LogP contribution in [0.2, 0.25) is 0 Å². The normalized spacial score (nSPS) is 13.2. The topological polar surface area (TPSA) is 29.5 Å². The summed E-state index contributed by atoms with van der Waals surface area (Å²) in [5.74, 6) is -0.250. The van der Waals surface area contributed by atoms with Crippen LogP contribution in [0.4, 0.5) is 0 Å². The summed E-state index contributed by atoms with van der Waals surface area (Å²) in [5, 5.41) is 0. The Morgan fingerprint density at radius 3 is 2.47 bits per heavy atom. The van der Waals surface area contributed by atoms with Gasteiger partial charge in [-0.1, -0.05) is 33.3 Å². The lowest BCUT2D eigenvalue weighted by Gasteiger charge is -2.29. The molecule has 0 aromatic heterocycles. The van der Waals surface area contributed by atoms with E-state index in [-0.39, 0.29) is 5.97 Å². The molecule has 1 atom stereocenters. The first kappa shape index (κ1) is 16.2. The SMILES string of the molecule is C/C=C/C(=O)OCN(CCC)C(CC)CCC. The summed E-state index contributed by atoms with van der Waals surface area (Å²) < 4.78 is 5.23. The summed E-state index contributed by atoms with van der Waals surface area (Å²) in [6.07, 6.45) is 7.69. The van der Waals surface area contributed by atoms with E-state index in [0.717, 1.165) is 25.8 Å². The third-order valence-electron chi connectivity index (χ3n) is 2.80. The van der Waals surface area contributed by atoms with Crippen LogP contribution in [-0.2, 0) is 9.53 Å². The zero-order chi connectivity index (χ0) is 13.1. The molecule has 3 nitrogen and oxygen atoms in total. The first-order chi connectivity index (χ1) is 8.19. The van der Waals surface area contributed by atoms with Gasteiger partial charge < -0.3 is 4.74 Å². The highest BCUT2D eigenvalue weighted by Gasteiger charge is 2.16. The fraction of sp³-hybridized carbons (Fsp3) is 0.786. The van der Waals surface area contributed by atoms with Crippen molar-refractivity contribution in [2.75, 3.05) is 13.3 Å². The average Bonchev–Trinajstić information content (AvgIpc) is 2.32. The van der Waals surface area contributed by atoms with Crippen LogP contribution in [0.25, 0.3) is 0 Å². The molecule has 0 aromatic carbocycles. The van der Waals surface area contributed by atoms with E-state index in [1.165, 1.54) is 12.5 Å². The lowest BCUT2D eigenvalue weighted by molar-refractivity contribution is -0.143. The molecule has 0 N–H and O–H groups in total. The number of esters is 1. The molecular weight excluding hydrogens is 214 g/mol. The Kier molecular flexibility index (Phi) is 9.83. The molecule has 0 aliphatic rings. The van der Waals surface area contributed by atoms with Crippen molar-refractivity contribution in [1.29, 1.82) is 0 Å². The molecule has 0 amide bonds. The van der Waals surface area contributed by atoms with Crippen LogP contribution in [0.15, 0.2) is 12.2 Å². The van der Waals surface area contributed by atoms with Gasteiger partial charge in [-0.15, -0.1) is 0 Å². The van der Waals surface area contributed by atoms with Gasteiger partial charge in [0, 0.05) is 18.7 Å². The molecule has 0 aromatic rings. The Labute approximate surface area is 106 Å². The molecule has 0 fully saturated rings. The number of hydrogen-bond acceptors (Lipinski definition) is 3. The van der Waals surface area contributed by atoms with Crippen molar-refractivity contribution in [2.45, 2.75) is 59.4 Å². The van der Waals surface area contributed by atoms with E-state index in [9.17, 15) is 4.79 Å². The van der Waals surface area contributed by atoms with E-state index in [1.54, 1.807) is 6.08 Å². The second kappa shape index (κ2) is 10.3. The minimum atomic E-state index is -0.250. The molecule has 100 valence electrons. The highest BCUT2D eigenvalue weighted by molar-refractivity contribution is 5.81. The Morgan fingerprint density at radius 1 is 1.29 bits per heavy atom. The van der Waals surface area contributed by atoms with E-state index in [2.05, 4.69) is 25.7 Å². The van der Waals surface area contributed by atoms with Gasteiger partial charge in [0.2, 0.25) is 0 Å². The Hall–Kier alpha value is -0.830. The number of carbonyl (C=O) groups excluding carboxylic acids is 1. The van der Waals surface area contributed by atoms with E-state index in [4.69, 9.17) is 4.74 Å². The Bertz CT molecular complexity index is 226. The minimum absolute atomic E-state index is 0.250. The van der Waals surface area contributed by atoms with Crippen molar-refractivity contribution in [3.63, 3.8) is 0 Å². The highest BCUT2D eigenvalue weighted by atomic mass is 16.5. The third kappa shape index (κ3) is 7.16. The summed E-state index contributed by atoms with van der Waals surface area (Å²) in [6.45, 7) is 9.75. The monoisotopic (exact) mass is 241 g/mol. The van der Waals surface area contributed by atoms with Gasteiger partial charge in [-0.3, -0.25) is 4.90 Å². The first-order valence-electron chi connectivity index (χ1n) is 6.72. The maximum Gasteiger partial charge on any atom is 0.331 e. The van der Waals surface area contributed by atoms with Crippen LogP contribution in [0.5, 0.6) is 0 Å². The number of carbonyl (C=O) groups is 1. The van der Waals surface area contributed by atoms with Crippen molar-refractivity contribution >= 4 is 5.97 Å². The molecule has 17 heavy (non-hydrogen) atoms. The van der Waals surface area contributed by atoms with Gasteiger partial charge in [0.15, 0.2) is 0 Å². The van der Waals surface area contributed by atoms with Gasteiger partial charge in [-0.2, -0.15) is 0 Å². The summed E-state index contributed by atoms with van der Waals surface area (Å²) in [4.78, 5) is 13.6. The molecule has 0 radical (unpaired) electrons. The highest BCUT2D eigenvalue weighted by Crippen LogP contribution is 2.11. The van der Waals surface area contributed by atoms with Gasteiger partial charge in [0.25, 0.3) is 0 Å². The first-order valence-corrected chi connectivity index (χ1v) is 6.72. The van der Waals surface area contributed by atoms with Crippen LogP contribution >= 0.6 is 0 Å². The maximum absolute atomic E-state index is 11.3. The molecule has 0 spiro atoms. The van der Waals surface area contributed by atoms with E-state index in [1.807, 2.05) is 6.92 Å². The fourth-order valence-corrected chi connectivity index (χ4v) is 1.95. The van der Waals surface area contributed by atoms with Gasteiger partial charge in [-0.25, -0.2) is 4.79 Å². The van der Waals surface area contributed by atoms with Crippen LogP contribution in [-0.4, -0.2) is 30.2 Å². The van der Waals surface area contributed by atoms with Crippen molar-refractivity contribution in [2.24, 2.45) is 0 Å². The van der Waals surface area contributed by atoms with Crippen LogP contribution < -0.4 is 0 Å². The molecule has 0 aliphatic heterocycles. The molecule has 0 saturated heterocycles. The van der Waals surface area contributed by atoms with Gasteiger partial charge in [0.05, 0.1) is 0 Å². The quantitative estimate of drug-likeness (QED) is 0.352. The Morgan fingerprint density at radius 2 is 2.00 bits per heavy atom. The standard InChI is InChI=1S/C14H27NO2/c1-5-9-13(8-4)15(11-7-3)12-17-14(16)10-6-2/h6,10,13H,5,7-9,11-12H2,1-4H3/b10-6+. The smallest absolute Gasteiger partial charge is 0.331 e. The zero-order valence-electron chi connectivity index (χ0n) is 11.7. The number of allylic oxidation sites excluding steroid dienone is 1. The minimum Gasteiger partial charge on any atom is -0.446 e. The van der Waals surface area contributed by atoms with Crippen LogP contribution in [0.1, 0.15) is 53.4 Å². The van der Waals surface area contributed by atoms with Gasteiger partial charge in [0.1, 0.15) is 6.73 Å². The van der Waals surface area contributed by atoms with E-state index >= 15 is 0 Å². The van der Waals surface area contributed by atoms with Crippen molar-refractivity contribution < 1.29 is 9.53 Å². The summed E-state index contributed by atoms with van der Waals surface area (Å²) in [5.41, 5.74) is 0. The zero-order valence-corrected chi connectivity index (χ0v) is 11.7. The lowest BCUT2D eigenvalue weighted by atomic mass is 10.1. The Balaban J connectivity index is 4.24. The van der Waals surface area contributed by atoms with Crippen LogP contribution in [0, 0.1) is 0 Å². The largest absolute Gasteiger partial charge is 0.446 e. The molecule has 0 rings (SSSR count). The summed E-state index contributed by atoms with van der Waals surface area (Å²) in [6, 6.07) is 0.526. The molecule has 0 heterocycles. The molecule has 0 saturated carbocycles. The number of rotatable bonds is 9. The van der Waals surface area contributed by atoms with E-state index in [0.29, 0.717) is 12.8 Å². The van der Waals surface area contributed by atoms with Gasteiger partial charge >= 0.3 is 5.97 Å².